The lowest BCUT2D eigenvalue weighted by Crippen LogP contribution is -2.48. The van der Waals surface area contributed by atoms with Gasteiger partial charge in [-0.25, -0.2) is 8.42 Å². The van der Waals surface area contributed by atoms with Gasteiger partial charge in [-0.15, -0.1) is 0 Å². The number of sulfonamides is 1. The van der Waals surface area contributed by atoms with Crippen molar-refractivity contribution in [1.82, 2.24) is 0 Å². The molecule has 34 heavy (non-hydrogen) atoms. The first-order valence-corrected chi connectivity index (χ1v) is 12.4. The van der Waals surface area contributed by atoms with Gasteiger partial charge in [-0.1, -0.05) is 60.2 Å². The summed E-state index contributed by atoms with van der Waals surface area (Å²) >= 11 is 0. The number of hydrogen-bond donors (Lipinski definition) is 1. The van der Waals surface area contributed by atoms with Gasteiger partial charge < -0.3 is 10.1 Å². The van der Waals surface area contributed by atoms with Gasteiger partial charge in [0.05, 0.1) is 17.1 Å². The second kappa shape index (κ2) is 8.50. The topological polar surface area (TPSA) is 75.7 Å². The third-order valence-electron chi connectivity index (χ3n) is 5.93. The molecule has 0 spiro atoms. The molecule has 0 unspecified atom stereocenters. The molecule has 5 rings (SSSR count). The van der Waals surface area contributed by atoms with Crippen LogP contribution in [0.1, 0.15) is 11.1 Å². The summed E-state index contributed by atoms with van der Waals surface area (Å²) in [5.41, 5.74) is 2.93. The smallest absolute Gasteiger partial charge is 0.267 e. The minimum Gasteiger partial charge on any atom is -0.476 e. The van der Waals surface area contributed by atoms with Crippen molar-refractivity contribution in [3.8, 4) is 5.75 Å². The lowest BCUT2D eigenvalue weighted by Gasteiger charge is -2.35. The Labute approximate surface area is 198 Å². The molecule has 0 saturated carbocycles. The highest BCUT2D eigenvalue weighted by Crippen LogP contribution is 2.38. The molecule has 1 aliphatic heterocycles. The van der Waals surface area contributed by atoms with Crippen molar-refractivity contribution in [3.63, 3.8) is 0 Å². The lowest BCUT2D eigenvalue weighted by molar-refractivity contribution is -0.122. The zero-order chi connectivity index (χ0) is 23.9. The Kier molecular flexibility index (Phi) is 5.49. The van der Waals surface area contributed by atoms with E-state index < -0.39 is 22.0 Å². The summed E-state index contributed by atoms with van der Waals surface area (Å²) in [4.78, 5) is 13.5. The Balaban J connectivity index is 1.51. The maximum atomic E-state index is 13.6. The maximum absolute atomic E-state index is 13.6. The fourth-order valence-electron chi connectivity index (χ4n) is 4.11. The molecule has 0 radical (unpaired) electrons. The molecular formula is C27H24N2O4S. The van der Waals surface area contributed by atoms with Gasteiger partial charge >= 0.3 is 0 Å². The van der Waals surface area contributed by atoms with Gasteiger partial charge in [-0.2, -0.15) is 0 Å². The number of fused-ring (bicyclic) bond motifs is 2. The van der Waals surface area contributed by atoms with Crippen molar-refractivity contribution in [1.29, 1.82) is 0 Å². The number of ether oxygens (including phenoxy) is 1. The molecule has 172 valence electrons. The number of aryl methyl sites for hydroxylation is 2. The molecule has 0 fully saturated rings. The van der Waals surface area contributed by atoms with Crippen LogP contribution >= 0.6 is 0 Å². The average molecular weight is 473 g/mol. The number of nitrogens with zero attached hydrogens (tertiary/aromatic N) is 1. The second-order valence-electron chi connectivity index (χ2n) is 8.44. The summed E-state index contributed by atoms with van der Waals surface area (Å²) in [7, 11) is -3.91. The molecule has 1 amide bonds. The van der Waals surface area contributed by atoms with Crippen molar-refractivity contribution >= 4 is 38.1 Å². The quantitative estimate of drug-likeness (QED) is 0.451. The fraction of sp³-hybridized carbons (Fsp3) is 0.148. The highest BCUT2D eigenvalue weighted by atomic mass is 32.2. The summed E-state index contributed by atoms with van der Waals surface area (Å²) in [5.74, 6) is -0.0485. The number of hydrogen-bond acceptors (Lipinski definition) is 4. The Morgan fingerprint density at radius 2 is 1.62 bits per heavy atom. The summed E-state index contributed by atoms with van der Waals surface area (Å²) < 4.78 is 34.5. The molecule has 4 aromatic rings. The number of carbonyl (C=O) groups excluding carboxylic acids is 1. The van der Waals surface area contributed by atoms with Crippen molar-refractivity contribution in [3.05, 3.63) is 96.1 Å². The van der Waals surface area contributed by atoms with E-state index in [9.17, 15) is 13.2 Å². The van der Waals surface area contributed by atoms with Crippen molar-refractivity contribution in [2.45, 2.75) is 24.8 Å². The average Bonchev–Trinajstić information content (AvgIpc) is 2.83. The summed E-state index contributed by atoms with van der Waals surface area (Å²) in [5, 5.41) is 4.83. The van der Waals surface area contributed by atoms with Gasteiger partial charge in [-0.05, 0) is 55.1 Å². The number of carbonyl (C=O) groups is 1. The van der Waals surface area contributed by atoms with Gasteiger partial charge in [0, 0.05) is 11.1 Å². The molecule has 0 saturated heterocycles. The fourth-order valence-corrected chi connectivity index (χ4v) is 5.59. The predicted molar refractivity (Wildman–Crippen MR) is 134 cm³/mol. The van der Waals surface area contributed by atoms with Crippen LogP contribution in [-0.4, -0.2) is 27.0 Å². The van der Waals surface area contributed by atoms with E-state index in [1.807, 2.05) is 62.4 Å². The van der Waals surface area contributed by atoms with E-state index in [2.05, 4.69) is 5.32 Å². The molecule has 4 aromatic carbocycles. The molecular weight excluding hydrogens is 448 g/mol. The maximum Gasteiger partial charge on any atom is 0.267 e. The van der Waals surface area contributed by atoms with E-state index in [4.69, 9.17) is 4.74 Å². The van der Waals surface area contributed by atoms with Crippen LogP contribution < -0.4 is 14.4 Å². The van der Waals surface area contributed by atoms with Crippen molar-refractivity contribution in [2.75, 3.05) is 16.2 Å². The highest BCUT2D eigenvalue weighted by Gasteiger charge is 2.37. The lowest BCUT2D eigenvalue weighted by atomic mass is 10.1. The number of benzene rings is 4. The molecule has 6 nitrogen and oxygen atoms in total. The van der Waals surface area contributed by atoms with Crippen LogP contribution in [0.5, 0.6) is 5.75 Å². The van der Waals surface area contributed by atoms with Crippen LogP contribution in [0, 0.1) is 13.8 Å². The number of anilines is 2. The number of rotatable bonds is 4. The summed E-state index contributed by atoms with van der Waals surface area (Å²) in [6.45, 7) is 3.65. The predicted octanol–water partition coefficient (Wildman–Crippen LogP) is 5.05. The van der Waals surface area contributed by atoms with Gasteiger partial charge in [0.1, 0.15) is 5.75 Å². The van der Waals surface area contributed by atoms with E-state index in [0.29, 0.717) is 17.1 Å². The van der Waals surface area contributed by atoms with Gasteiger partial charge in [-0.3, -0.25) is 9.10 Å². The van der Waals surface area contributed by atoms with E-state index >= 15 is 0 Å². The monoisotopic (exact) mass is 472 g/mol. The van der Waals surface area contributed by atoms with E-state index in [0.717, 1.165) is 21.9 Å². The van der Waals surface area contributed by atoms with Crippen LogP contribution in [-0.2, 0) is 14.8 Å². The van der Waals surface area contributed by atoms with Crippen LogP contribution in [0.4, 0.5) is 11.4 Å². The van der Waals surface area contributed by atoms with Crippen molar-refractivity contribution < 1.29 is 17.9 Å². The zero-order valence-corrected chi connectivity index (χ0v) is 19.7. The Bertz CT molecular complexity index is 1490. The van der Waals surface area contributed by atoms with Crippen LogP contribution in [0.15, 0.2) is 89.8 Å². The first-order chi connectivity index (χ1) is 16.3. The Morgan fingerprint density at radius 3 is 2.41 bits per heavy atom. The molecule has 0 aromatic heterocycles. The minimum absolute atomic E-state index is 0.136. The second-order valence-corrected chi connectivity index (χ2v) is 10.3. The van der Waals surface area contributed by atoms with Crippen LogP contribution in [0.25, 0.3) is 10.8 Å². The summed E-state index contributed by atoms with van der Waals surface area (Å²) in [6, 6.07) is 25.4. The molecule has 1 heterocycles. The first kappa shape index (κ1) is 22.0. The number of nitrogens with one attached hydrogen (secondary N) is 1. The minimum atomic E-state index is -3.91. The Hall–Kier alpha value is -3.84. The molecule has 1 atom stereocenters. The molecule has 0 aliphatic carbocycles. The largest absolute Gasteiger partial charge is 0.476 e. The number of amides is 1. The SMILES string of the molecule is Cc1ccc(S(=O)(=O)N2C[C@H](C(=O)Nc3cccc4ccccc34)Oc3cc(C)ccc32)cc1. The zero-order valence-electron chi connectivity index (χ0n) is 18.9. The standard InChI is InChI=1S/C27H24N2O4S/c1-18-10-13-21(14-11-18)34(31,32)29-17-26(33-25-16-19(2)12-15-24(25)29)27(30)28-23-9-5-7-20-6-3-4-8-22(20)23/h3-16,26H,17H2,1-2H3,(H,28,30)/t26-/m1/s1. The van der Waals surface area contributed by atoms with Gasteiger partial charge in [0.15, 0.2) is 6.10 Å². The van der Waals surface area contributed by atoms with E-state index in [-0.39, 0.29) is 11.4 Å². The third-order valence-corrected chi connectivity index (χ3v) is 7.73. The van der Waals surface area contributed by atoms with Gasteiger partial charge in [0.2, 0.25) is 0 Å². The van der Waals surface area contributed by atoms with Gasteiger partial charge in [0.25, 0.3) is 15.9 Å². The van der Waals surface area contributed by atoms with Crippen LogP contribution in [0.2, 0.25) is 0 Å². The molecule has 1 N–H and O–H groups in total. The van der Waals surface area contributed by atoms with Crippen molar-refractivity contribution in [2.24, 2.45) is 0 Å². The normalized spacial score (nSPS) is 15.5. The van der Waals surface area contributed by atoms with Crippen LogP contribution in [0.3, 0.4) is 0 Å². The summed E-state index contributed by atoms with van der Waals surface area (Å²) in [6.07, 6.45) is -1.02. The van der Waals surface area contributed by atoms with E-state index in [1.54, 1.807) is 36.4 Å². The molecule has 1 aliphatic rings. The Morgan fingerprint density at radius 1 is 0.912 bits per heavy atom. The molecule has 0 bridgehead atoms. The highest BCUT2D eigenvalue weighted by molar-refractivity contribution is 7.92. The van der Waals surface area contributed by atoms with E-state index in [1.165, 1.54) is 4.31 Å². The third kappa shape index (κ3) is 3.99. The first-order valence-electron chi connectivity index (χ1n) is 11.0. The molecule has 7 heteroatoms.